The van der Waals surface area contributed by atoms with Crippen LogP contribution in [0.4, 0.5) is 0 Å². The summed E-state index contributed by atoms with van der Waals surface area (Å²) in [6.45, 7) is 2.03. The Morgan fingerprint density at radius 2 is 1.46 bits per heavy atom. The highest BCUT2D eigenvalue weighted by molar-refractivity contribution is 6.30. The lowest BCUT2D eigenvalue weighted by Crippen LogP contribution is -2.35. The minimum absolute atomic E-state index is 0.131. The molecule has 5 heteroatoms. The van der Waals surface area contributed by atoms with Crippen molar-refractivity contribution >= 4 is 29.1 Å². The lowest BCUT2D eigenvalue weighted by Gasteiger charge is -2.25. The SMILES string of the molecule is O=C(NC(c1ccc(Cl)cc1)c1ccc(Cl)cc1)C1CC12CCNCC2. The summed E-state index contributed by atoms with van der Waals surface area (Å²) in [4.78, 5) is 13.0. The fraction of sp³-hybridized carbons (Fsp3) is 0.381. The van der Waals surface area contributed by atoms with Gasteiger partial charge in [0.25, 0.3) is 0 Å². The smallest absolute Gasteiger partial charge is 0.224 e. The highest BCUT2D eigenvalue weighted by Crippen LogP contribution is 2.58. The van der Waals surface area contributed by atoms with Gasteiger partial charge >= 0.3 is 0 Å². The van der Waals surface area contributed by atoms with E-state index in [4.69, 9.17) is 23.2 Å². The number of rotatable bonds is 4. The van der Waals surface area contributed by atoms with Crippen LogP contribution in [0.5, 0.6) is 0 Å². The van der Waals surface area contributed by atoms with Gasteiger partial charge < -0.3 is 10.6 Å². The van der Waals surface area contributed by atoms with E-state index in [9.17, 15) is 4.79 Å². The molecule has 1 heterocycles. The van der Waals surface area contributed by atoms with Crippen molar-refractivity contribution < 1.29 is 4.79 Å². The molecule has 2 aliphatic rings. The first-order valence-corrected chi connectivity index (χ1v) is 9.85. The van der Waals surface area contributed by atoms with Gasteiger partial charge in [0.2, 0.25) is 5.91 Å². The molecular formula is C21H22Cl2N2O. The van der Waals surface area contributed by atoms with Gasteiger partial charge in [0.05, 0.1) is 6.04 Å². The van der Waals surface area contributed by atoms with E-state index in [-0.39, 0.29) is 23.3 Å². The van der Waals surface area contributed by atoms with E-state index in [1.54, 1.807) is 0 Å². The van der Waals surface area contributed by atoms with E-state index in [1.807, 2.05) is 48.5 Å². The number of hydrogen-bond donors (Lipinski definition) is 2. The second kappa shape index (κ2) is 7.22. The van der Waals surface area contributed by atoms with Crippen LogP contribution < -0.4 is 10.6 Å². The lowest BCUT2D eigenvalue weighted by atomic mass is 9.91. The molecule has 1 amide bonds. The van der Waals surface area contributed by atoms with Gasteiger partial charge in [-0.15, -0.1) is 0 Å². The molecule has 4 rings (SSSR count). The third-order valence-electron chi connectivity index (χ3n) is 5.80. The number of nitrogens with one attached hydrogen (secondary N) is 2. The number of benzene rings is 2. The maximum Gasteiger partial charge on any atom is 0.224 e. The van der Waals surface area contributed by atoms with Crippen molar-refractivity contribution in [1.29, 1.82) is 0 Å². The normalized spacial score (nSPS) is 21.0. The van der Waals surface area contributed by atoms with Crippen molar-refractivity contribution in [2.45, 2.75) is 25.3 Å². The van der Waals surface area contributed by atoms with Crippen molar-refractivity contribution in [1.82, 2.24) is 10.6 Å². The number of carbonyl (C=O) groups is 1. The Labute approximate surface area is 164 Å². The lowest BCUT2D eigenvalue weighted by molar-refractivity contribution is -0.123. The monoisotopic (exact) mass is 388 g/mol. The molecule has 0 radical (unpaired) electrons. The fourth-order valence-electron chi connectivity index (χ4n) is 4.11. The number of amides is 1. The Bertz CT molecular complexity index is 737. The standard InChI is InChI=1S/C21H22Cl2N2O/c22-16-5-1-14(2-6-16)19(15-3-7-17(23)8-4-15)25-20(26)18-13-21(18)9-11-24-12-10-21/h1-8,18-19,24H,9-13H2,(H,25,26). The van der Waals surface area contributed by atoms with Gasteiger partial charge in [-0.25, -0.2) is 0 Å². The average Bonchev–Trinajstić information content (AvgIpc) is 3.35. The minimum Gasteiger partial charge on any atom is -0.345 e. The van der Waals surface area contributed by atoms with Gasteiger partial charge in [0.15, 0.2) is 0 Å². The van der Waals surface area contributed by atoms with Crippen molar-refractivity contribution in [3.8, 4) is 0 Å². The summed E-state index contributed by atoms with van der Waals surface area (Å²) in [5, 5.41) is 8.03. The van der Waals surface area contributed by atoms with E-state index >= 15 is 0 Å². The number of piperidine rings is 1. The van der Waals surface area contributed by atoms with Gasteiger partial charge in [-0.3, -0.25) is 4.79 Å². The molecule has 2 aromatic carbocycles. The van der Waals surface area contributed by atoms with Crippen LogP contribution in [0.2, 0.25) is 10.0 Å². The predicted octanol–water partition coefficient (Wildman–Crippen LogP) is 4.59. The van der Waals surface area contributed by atoms with Gasteiger partial charge in [-0.2, -0.15) is 0 Å². The summed E-state index contributed by atoms with van der Waals surface area (Å²) < 4.78 is 0. The van der Waals surface area contributed by atoms with Gasteiger partial charge in [-0.05, 0) is 73.2 Å². The van der Waals surface area contributed by atoms with E-state index < -0.39 is 0 Å². The molecular weight excluding hydrogens is 367 g/mol. The second-order valence-electron chi connectivity index (χ2n) is 7.41. The Hall–Kier alpha value is -1.55. The summed E-state index contributed by atoms with van der Waals surface area (Å²) in [5.74, 6) is 0.286. The molecule has 2 fully saturated rings. The van der Waals surface area contributed by atoms with Crippen LogP contribution in [0, 0.1) is 11.3 Å². The van der Waals surface area contributed by atoms with Crippen molar-refractivity contribution in [2.75, 3.05) is 13.1 Å². The quantitative estimate of drug-likeness (QED) is 0.803. The number of halogens is 2. The van der Waals surface area contributed by atoms with Crippen LogP contribution in [0.25, 0.3) is 0 Å². The molecule has 0 bridgehead atoms. The van der Waals surface area contributed by atoms with Crippen LogP contribution >= 0.6 is 23.2 Å². The molecule has 3 nitrogen and oxygen atoms in total. The highest BCUT2D eigenvalue weighted by atomic mass is 35.5. The third kappa shape index (κ3) is 3.62. The Morgan fingerprint density at radius 3 is 1.96 bits per heavy atom. The zero-order valence-electron chi connectivity index (χ0n) is 14.5. The van der Waals surface area contributed by atoms with Gasteiger partial charge in [-0.1, -0.05) is 47.5 Å². The number of carbonyl (C=O) groups excluding carboxylic acids is 1. The summed E-state index contributed by atoms with van der Waals surface area (Å²) >= 11 is 12.1. The van der Waals surface area contributed by atoms with Crippen LogP contribution in [0.3, 0.4) is 0 Å². The molecule has 1 aliphatic heterocycles. The molecule has 1 unspecified atom stereocenters. The maximum absolute atomic E-state index is 13.0. The maximum atomic E-state index is 13.0. The first-order chi connectivity index (χ1) is 12.6. The molecule has 1 spiro atoms. The van der Waals surface area contributed by atoms with E-state index in [1.165, 1.54) is 0 Å². The van der Waals surface area contributed by atoms with Crippen LogP contribution in [0.15, 0.2) is 48.5 Å². The Kier molecular flexibility index (Phi) is 4.96. The second-order valence-corrected chi connectivity index (χ2v) is 8.29. The molecule has 26 heavy (non-hydrogen) atoms. The van der Waals surface area contributed by atoms with Gasteiger partial charge in [0.1, 0.15) is 0 Å². The first-order valence-electron chi connectivity index (χ1n) is 9.09. The molecule has 2 N–H and O–H groups in total. The molecule has 1 aliphatic carbocycles. The fourth-order valence-corrected chi connectivity index (χ4v) is 4.36. The molecule has 136 valence electrons. The van der Waals surface area contributed by atoms with E-state index in [0.29, 0.717) is 10.0 Å². The topological polar surface area (TPSA) is 41.1 Å². The summed E-state index contributed by atoms with van der Waals surface area (Å²) in [6, 6.07) is 15.1. The first kappa shape index (κ1) is 17.8. The summed E-state index contributed by atoms with van der Waals surface area (Å²) in [6.07, 6.45) is 3.20. The zero-order valence-corrected chi connectivity index (χ0v) is 16.0. The van der Waals surface area contributed by atoms with E-state index in [2.05, 4.69) is 10.6 Å². The van der Waals surface area contributed by atoms with Crippen molar-refractivity contribution in [2.24, 2.45) is 11.3 Å². The van der Waals surface area contributed by atoms with Crippen molar-refractivity contribution in [3.63, 3.8) is 0 Å². The third-order valence-corrected chi connectivity index (χ3v) is 6.30. The molecule has 1 atom stereocenters. The zero-order chi connectivity index (χ0) is 18.1. The number of hydrogen-bond acceptors (Lipinski definition) is 2. The average molecular weight is 389 g/mol. The van der Waals surface area contributed by atoms with E-state index in [0.717, 1.165) is 43.5 Å². The largest absolute Gasteiger partial charge is 0.345 e. The predicted molar refractivity (Wildman–Crippen MR) is 106 cm³/mol. The minimum atomic E-state index is -0.198. The molecule has 0 aromatic heterocycles. The molecule has 1 saturated heterocycles. The van der Waals surface area contributed by atoms with Gasteiger partial charge in [0, 0.05) is 16.0 Å². The summed E-state index contributed by atoms with van der Waals surface area (Å²) in [7, 11) is 0. The highest BCUT2D eigenvalue weighted by Gasteiger charge is 2.57. The van der Waals surface area contributed by atoms with Crippen LogP contribution in [-0.4, -0.2) is 19.0 Å². The summed E-state index contributed by atoms with van der Waals surface area (Å²) in [5.41, 5.74) is 2.26. The Morgan fingerprint density at radius 1 is 0.962 bits per heavy atom. The van der Waals surface area contributed by atoms with Crippen LogP contribution in [-0.2, 0) is 4.79 Å². The molecule has 1 saturated carbocycles. The Balaban J connectivity index is 1.56. The van der Waals surface area contributed by atoms with Crippen molar-refractivity contribution in [3.05, 3.63) is 69.7 Å². The molecule has 2 aromatic rings. The van der Waals surface area contributed by atoms with Crippen LogP contribution in [0.1, 0.15) is 36.4 Å².